The molecule has 6 heteroatoms. The van der Waals surface area contributed by atoms with Crippen LogP contribution in [0.15, 0.2) is 27.4 Å². The second-order valence-electron chi connectivity index (χ2n) is 4.74. The number of rotatable bonds is 5. The molecule has 0 saturated carbocycles. The molecule has 0 fully saturated rings. The molecule has 1 aromatic heterocycles. The summed E-state index contributed by atoms with van der Waals surface area (Å²) in [5, 5.41) is 3.24. The van der Waals surface area contributed by atoms with Gasteiger partial charge in [0.2, 0.25) is 5.88 Å². The molecular weight excluding hydrogens is 398 g/mol. The normalized spacial score (nSPS) is 10.5. The molecule has 112 valence electrons. The Bertz CT molecular complexity index is 624. The maximum Gasteiger partial charge on any atom is 0.238 e. The van der Waals surface area contributed by atoms with E-state index < -0.39 is 0 Å². The molecule has 0 spiro atoms. The summed E-state index contributed by atoms with van der Waals surface area (Å²) in [5.41, 5.74) is 2.25. The molecule has 1 heterocycles. The van der Waals surface area contributed by atoms with Crippen molar-refractivity contribution in [1.29, 1.82) is 0 Å². The lowest BCUT2D eigenvalue weighted by molar-refractivity contribution is 0.457. The van der Waals surface area contributed by atoms with E-state index in [1.807, 2.05) is 26.0 Å². The van der Waals surface area contributed by atoms with Gasteiger partial charge in [-0.05, 0) is 59.5 Å². The van der Waals surface area contributed by atoms with Crippen molar-refractivity contribution >= 4 is 37.7 Å². The van der Waals surface area contributed by atoms with Gasteiger partial charge in [-0.2, -0.15) is 0 Å². The van der Waals surface area contributed by atoms with Crippen molar-refractivity contribution in [2.45, 2.75) is 27.2 Å². The molecule has 0 saturated heterocycles. The highest BCUT2D eigenvalue weighted by molar-refractivity contribution is 9.11. The van der Waals surface area contributed by atoms with Gasteiger partial charge in [-0.15, -0.1) is 0 Å². The van der Waals surface area contributed by atoms with Crippen molar-refractivity contribution in [2.75, 3.05) is 11.9 Å². The number of aromatic nitrogens is 2. The van der Waals surface area contributed by atoms with E-state index in [0.717, 1.165) is 44.6 Å². The fourth-order valence-corrected chi connectivity index (χ4v) is 2.52. The first-order valence-corrected chi connectivity index (χ1v) is 8.30. The molecule has 0 unspecified atom stereocenters. The second-order valence-corrected chi connectivity index (χ2v) is 6.33. The van der Waals surface area contributed by atoms with E-state index in [0.29, 0.717) is 5.88 Å². The van der Waals surface area contributed by atoms with Crippen molar-refractivity contribution in [3.8, 4) is 11.6 Å². The van der Waals surface area contributed by atoms with Gasteiger partial charge in [-0.25, -0.2) is 9.97 Å². The molecule has 0 atom stereocenters. The van der Waals surface area contributed by atoms with Gasteiger partial charge in [0.25, 0.3) is 0 Å². The van der Waals surface area contributed by atoms with E-state index in [1.54, 1.807) is 0 Å². The van der Waals surface area contributed by atoms with Crippen LogP contribution in [0.4, 0.5) is 5.82 Å². The van der Waals surface area contributed by atoms with Crippen LogP contribution in [0, 0.1) is 13.8 Å². The molecule has 1 N–H and O–H groups in total. The minimum atomic E-state index is 0.504. The van der Waals surface area contributed by atoms with Crippen molar-refractivity contribution in [1.82, 2.24) is 9.97 Å². The maximum atomic E-state index is 5.89. The van der Waals surface area contributed by atoms with Crippen LogP contribution in [0.2, 0.25) is 0 Å². The third-order valence-electron chi connectivity index (χ3n) is 2.92. The summed E-state index contributed by atoms with van der Waals surface area (Å²) >= 11 is 7.05. The lowest BCUT2D eigenvalue weighted by atomic mass is 10.1. The summed E-state index contributed by atoms with van der Waals surface area (Å²) in [4.78, 5) is 8.40. The van der Waals surface area contributed by atoms with Crippen molar-refractivity contribution in [3.05, 3.63) is 38.5 Å². The number of anilines is 1. The number of hydrogen-bond acceptors (Lipinski definition) is 4. The molecule has 0 aliphatic heterocycles. The Balaban J connectivity index is 2.27. The van der Waals surface area contributed by atoms with Gasteiger partial charge in [0, 0.05) is 11.0 Å². The summed E-state index contributed by atoms with van der Waals surface area (Å²) in [6.07, 6.45) is 2.52. The van der Waals surface area contributed by atoms with Crippen LogP contribution >= 0.6 is 31.9 Å². The summed E-state index contributed by atoms with van der Waals surface area (Å²) in [6, 6.07) is 3.95. The number of hydrogen-bond donors (Lipinski definition) is 1. The standard InChI is InChI=1S/C15H17Br2N3O/c1-4-5-18-14-13(17)15(20-8-19-14)21-11-6-9(2)12(16)10(3)7-11/h6-8H,4-5H2,1-3H3,(H,18,19,20). The Labute approximate surface area is 141 Å². The number of ether oxygens (including phenoxy) is 1. The van der Waals surface area contributed by atoms with Crippen LogP contribution in [0.5, 0.6) is 11.6 Å². The molecule has 0 radical (unpaired) electrons. The minimum absolute atomic E-state index is 0.504. The molecular formula is C15H17Br2N3O. The Morgan fingerprint density at radius 2 is 1.76 bits per heavy atom. The predicted octanol–water partition coefficient (Wildman–Crippen LogP) is 5.23. The Kier molecular flexibility index (Phi) is 5.58. The number of benzene rings is 1. The van der Waals surface area contributed by atoms with Crippen LogP contribution in [0.3, 0.4) is 0 Å². The van der Waals surface area contributed by atoms with Crippen LogP contribution in [-0.4, -0.2) is 16.5 Å². The molecule has 21 heavy (non-hydrogen) atoms. The van der Waals surface area contributed by atoms with E-state index in [4.69, 9.17) is 4.74 Å². The molecule has 0 bridgehead atoms. The van der Waals surface area contributed by atoms with Crippen molar-refractivity contribution in [3.63, 3.8) is 0 Å². The molecule has 0 aliphatic rings. The van der Waals surface area contributed by atoms with Crippen LogP contribution in [0.25, 0.3) is 0 Å². The Morgan fingerprint density at radius 1 is 1.10 bits per heavy atom. The monoisotopic (exact) mass is 413 g/mol. The summed E-state index contributed by atoms with van der Waals surface area (Å²) in [7, 11) is 0. The van der Waals surface area contributed by atoms with E-state index in [2.05, 4.69) is 54.1 Å². The van der Waals surface area contributed by atoms with Gasteiger partial charge in [0.1, 0.15) is 22.4 Å². The van der Waals surface area contributed by atoms with Crippen molar-refractivity contribution < 1.29 is 4.74 Å². The minimum Gasteiger partial charge on any atom is -0.438 e. The fourth-order valence-electron chi connectivity index (χ4n) is 1.87. The quantitative estimate of drug-likeness (QED) is 0.727. The average Bonchev–Trinajstić information content (AvgIpc) is 2.45. The van der Waals surface area contributed by atoms with Crippen LogP contribution in [-0.2, 0) is 0 Å². The highest BCUT2D eigenvalue weighted by Gasteiger charge is 2.11. The van der Waals surface area contributed by atoms with Crippen LogP contribution in [0.1, 0.15) is 24.5 Å². The fraction of sp³-hybridized carbons (Fsp3) is 0.333. The zero-order chi connectivity index (χ0) is 15.4. The molecule has 0 aliphatic carbocycles. The lowest BCUT2D eigenvalue weighted by Gasteiger charge is -2.12. The van der Waals surface area contributed by atoms with Crippen LogP contribution < -0.4 is 10.1 Å². The molecule has 2 aromatic rings. The number of halogens is 2. The van der Waals surface area contributed by atoms with E-state index >= 15 is 0 Å². The largest absolute Gasteiger partial charge is 0.438 e. The van der Waals surface area contributed by atoms with E-state index in [1.165, 1.54) is 6.33 Å². The van der Waals surface area contributed by atoms with Gasteiger partial charge in [0.15, 0.2) is 0 Å². The third kappa shape index (κ3) is 3.95. The topological polar surface area (TPSA) is 47.0 Å². The molecule has 1 aromatic carbocycles. The van der Waals surface area contributed by atoms with Gasteiger partial charge in [0.05, 0.1) is 0 Å². The zero-order valence-electron chi connectivity index (χ0n) is 12.2. The van der Waals surface area contributed by atoms with E-state index in [-0.39, 0.29) is 0 Å². The highest BCUT2D eigenvalue weighted by Crippen LogP contribution is 2.34. The van der Waals surface area contributed by atoms with E-state index in [9.17, 15) is 0 Å². The summed E-state index contributed by atoms with van der Waals surface area (Å²) in [5.74, 6) is 2.01. The van der Waals surface area contributed by atoms with Gasteiger partial charge in [-0.1, -0.05) is 22.9 Å². The first kappa shape index (κ1) is 16.2. The zero-order valence-corrected chi connectivity index (χ0v) is 15.4. The smallest absolute Gasteiger partial charge is 0.238 e. The lowest BCUT2D eigenvalue weighted by Crippen LogP contribution is -2.04. The molecule has 2 rings (SSSR count). The third-order valence-corrected chi connectivity index (χ3v) is 4.89. The Hall–Kier alpha value is -1.14. The number of aryl methyl sites for hydroxylation is 2. The Morgan fingerprint density at radius 3 is 2.38 bits per heavy atom. The van der Waals surface area contributed by atoms with Crippen molar-refractivity contribution in [2.24, 2.45) is 0 Å². The summed E-state index contributed by atoms with van der Waals surface area (Å²) in [6.45, 7) is 7.03. The van der Waals surface area contributed by atoms with Gasteiger partial charge in [-0.3, -0.25) is 0 Å². The van der Waals surface area contributed by atoms with Gasteiger partial charge >= 0.3 is 0 Å². The number of nitrogens with zero attached hydrogens (tertiary/aromatic N) is 2. The number of nitrogens with one attached hydrogen (secondary N) is 1. The predicted molar refractivity (Wildman–Crippen MR) is 92.2 cm³/mol. The molecule has 0 amide bonds. The summed E-state index contributed by atoms with van der Waals surface area (Å²) < 4.78 is 7.72. The maximum absolute atomic E-state index is 5.89. The average molecular weight is 415 g/mol. The first-order valence-electron chi connectivity index (χ1n) is 6.72. The first-order chi connectivity index (χ1) is 10.0. The second kappa shape index (κ2) is 7.22. The van der Waals surface area contributed by atoms with Gasteiger partial charge < -0.3 is 10.1 Å². The SMILES string of the molecule is CCCNc1ncnc(Oc2cc(C)c(Br)c(C)c2)c1Br. The molecule has 4 nitrogen and oxygen atoms in total. The highest BCUT2D eigenvalue weighted by atomic mass is 79.9.